The lowest BCUT2D eigenvalue weighted by Crippen LogP contribution is -2.49. The molecule has 0 radical (unpaired) electrons. The molecule has 27 heavy (non-hydrogen) atoms. The number of benzene rings is 2. The molecule has 5 rings (SSSR count). The average molecular weight is 382 g/mol. The van der Waals surface area contributed by atoms with Crippen molar-refractivity contribution in [3.05, 3.63) is 65.4 Å². The third-order valence-electron chi connectivity index (χ3n) is 5.34. The molecule has 2 atom stereocenters. The minimum atomic E-state index is -3.72. The number of hydrogen-bond acceptors (Lipinski definition) is 4. The van der Waals surface area contributed by atoms with Crippen LogP contribution in [0.2, 0.25) is 0 Å². The minimum Gasteiger partial charge on any atom is -0.362 e. The molecule has 1 saturated heterocycles. The van der Waals surface area contributed by atoms with Crippen LogP contribution in [0.5, 0.6) is 0 Å². The number of morpholine rings is 1. The van der Waals surface area contributed by atoms with E-state index in [-0.39, 0.29) is 29.6 Å². The molecule has 3 aromatic rings. The van der Waals surface area contributed by atoms with Gasteiger partial charge in [0, 0.05) is 11.6 Å². The van der Waals surface area contributed by atoms with Gasteiger partial charge in [-0.05, 0) is 42.7 Å². The maximum atomic E-state index is 13.2. The second-order valence-corrected chi connectivity index (χ2v) is 8.93. The van der Waals surface area contributed by atoms with Crippen molar-refractivity contribution >= 4 is 26.8 Å². The van der Waals surface area contributed by atoms with Crippen molar-refractivity contribution in [3.8, 4) is 0 Å². The van der Waals surface area contributed by atoms with Gasteiger partial charge < -0.3 is 10.1 Å². The molecule has 2 heterocycles. The lowest BCUT2D eigenvalue weighted by molar-refractivity contribution is -0.137. The topological polar surface area (TPSA) is 77.4 Å². The molecule has 1 aromatic heterocycles. The largest absolute Gasteiger partial charge is 0.362 e. The van der Waals surface area contributed by atoms with E-state index >= 15 is 0 Å². The third kappa shape index (κ3) is 2.42. The normalized spacial score (nSPS) is 21.7. The summed E-state index contributed by atoms with van der Waals surface area (Å²) in [6, 6.07) is 12.3. The number of ether oxygens (including phenoxy) is 1. The Bertz CT molecular complexity index is 1180. The maximum Gasteiger partial charge on any atom is 0.268 e. The second kappa shape index (κ2) is 5.68. The summed E-state index contributed by atoms with van der Waals surface area (Å²) in [4.78, 5) is 12.0. The number of nitrogens with zero attached hydrogens (tertiary/aromatic N) is 1. The molecule has 0 saturated carbocycles. The maximum absolute atomic E-state index is 13.2. The Morgan fingerprint density at radius 3 is 2.70 bits per heavy atom. The SMILES string of the molecule is Cc1ccc(S(=O)(=O)n2cc3c4c(cccc42)[C@H]2OCC(=O)N[C@@H]2C3)cc1. The predicted octanol–water partition coefficient (Wildman–Crippen LogP) is 2.30. The van der Waals surface area contributed by atoms with E-state index in [9.17, 15) is 13.2 Å². The Morgan fingerprint density at radius 2 is 1.93 bits per heavy atom. The van der Waals surface area contributed by atoms with Crippen LogP contribution in [0.1, 0.15) is 22.8 Å². The summed E-state index contributed by atoms with van der Waals surface area (Å²) >= 11 is 0. The molecule has 138 valence electrons. The fourth-order valence-electron chi connectivity index (χ4n) is 4.09. The standard InChI is InChI=1S/C20H18N2O4S/c1-12-5-7-14(8-6-12)27(24,25)22-10-13-9-16-20(26-11-18(23)21-16)15-3-2-4-17(22)19(13)15/h2-8,10,16,20H,9,11H2,1H3,(H,21,23)/t16-,20-/m1/s1. The first kappa shape index (κ1) is 16.5. The van der Waals surface area contributed by atoms with Gasteiger partial charge in [0.1, 0.15) is 12.7 Å². The van der Waals surface area contributed by atoms with Crippen LogP contribution in [-0.2, 0) is 26.0 Å². The van der Waals surface area contributed by atoms with Gasteiger partial charge in [-0.1, -0.05) is 29.8 Å². The number of carbonyl (C=O) groups excluding carboxylic acids is 1. The van der Waals surface area contributed by atoms with E-state index in [0.29, 0.717) is 11.9 Å². The summed E-state index contributed by atoms with van der Waals surface area (Å²) in [6.45, 7) is 1.94. The van der Waals surface area contributed by atoms with Crippen LogP contribution in [0, 0.1) is 6.92 Å². The van der Waals surface area contributed by atoms with Crippen molar-refractivity contribution in [2.45, 2.75) is 30.4 Å². The molecular weight excluding hydrogens is 364 g/mol. The van der Waals surface area contributed by atoms with Gasteiger partial charge in [0.2, 0.25) is 5.91 Å². The van der Waals surface area contributed by atoms with Crippen LogP contribution < -0.4 is 5.32 Å². The fraction of sp³-hybridized carbons (Fsp3) is 0.250. The summed E-state index contributed by atoms with van der Waals surface area (Å²) in [5, 5.41) is 3.87. The molecule has 2 aliphatic rings. The van der Waals surface area contributed by atoms with Crippen LogP contribution in [0.15, 0.2) is 53.6 Å². The van der Waals surface area contributed by atoms with E-state index in [1.54, 1.807) is 30.5 Å². The van der Waals surface area contributed by atoms with Gasteiger partial charge in [-0.2, -0.15) is 0 Å². The monoisotopic (exact) mass is 382 g/mol. The third-order valence-corrected chi connectivity index (χ3v) is 7.02. The number of carbonyl (C=O) groups is 1. The smallest absolute Gasteiger partial charge is 0.268 e. The molecule has 2 aromatic carbocycles. The number of rotatable bonds is 2. The van der Waals surface area contributed by atoms with Gasteiger partial charge >= 0.3 is 0 Å². The Labute approximate surface area is 156 Å². The summed E-state index contributed by atoms with van der Waals surface area (Å²) in [5.41, 5.74) is 3.48. The van der Waals surface area contributed by atoms with Crippen LogP contribution in [-0.4, -0.2) is 30.9 Å². The van der Waals surface area contributed by atoms with E-state index in [0.717, 1.165) is 22.1 Å². The number of fused-ring (bicyclic) bond motifs is 2. The van der Waals surface area contributed by atoms with Crippen LogP contribution in [0.4, 0.5) is 0 Å². The molecule has 0 bridgehead atoms. The highest BCUT2D eigenvalue weighted by Crippen LogP contribution is 2.40. The predicted molar refractivity (Wildman–Crippen MR) is 100 cm³/mol. The number of hydrogen-bond donors (Lipinski definition) is 1. The highest BCUT2D eigenvalue weighted by atomic mass is 32.2. The summed E-state index contributed by atoms with van der Waals surface area (Å²) in [5.74, 6) is -0.140. The lowest BCUT2D eigenvalue weighted by Gasteiger charge is -2.35. The number of aromatic nitrogens is 1. The van der Waals surface area contributed by atoms with Crippen LogP contribution in [0.25, 0.3) is 10.9 Å². The number of aryl methyl sites for hydroxylation is 1. The van der Waals surface area contributed by atoms with Crippen molar-refractivity contribution in [3.63, 3.8) is 0 Å². The Balaban J connectivity index is 1.70. The van der Waals surface area contributed by atoms with Gasteiger partial charge in [0.25, 0.3) is 10.0 Å². The minimum absolute atomic E-state index is 0.0231. The van der Waals surface area contributed by atoms with Crippen LogP contribution >= 0.6 is 0 Å². The molecule has 1 N–H and O–H groups in total. The van der Waals surface area contributed by atoms with Crippen molar-refractivity contribution in [2.75, 3.05) is 6.61 Å². The zero-order valence-electron chi connectivity index (χ0n) is 14.7. The van der Waals surface area contributed by atoms with E-state index in [1.165, 1.54) is 3.97 Å². The Kier molecular flexibility index (Phi) is 3.47. The van der Waals surface area contributed by atoms with Crippen molar-refractivity contribution in [1.29, 1.82) is 0 Å². The Hall–Kier alpha value is -2.64. The molecule has 6 nitrogen and oxygen atoms in total. The summed E-state index contributed by atoms with van der Waals surface area (Å²) in [6.07, 6.45) is 1.97. The Morgan fingerprint density at radius 1 is 1.15 bits per heavy atom. The average Bonchev–Trinajstić information content (AvgIpc) is 3.03. The highest BCUT2D eigenvalue weighted by Gasteiger charge is 2.37. The lowest BCUT2D eigenvalue weighted by atomic mass is 9.86. The van der Waals surface area contributed by atoms with Crippen molar-refractivity contribution < 1.29 is 17.9 Å². The van der Waals surface area contributed by atoms with Gasteiger partial charge in [-0.25, -0.2) is 12.4 Å². The van der Waals surface area contributed by atoms with E-state index in [1.807, 2.05) is 25.1 Å². The van der Waals surface area contributed by atoms with Crippen molar-refractivity contribution in [2.24, 2.45) is 0 Å². The van der Waals surface area contributed by atoms with Crippen molar-refractivity contribution in [1.82, 2.24) is 9.29 Å². The van der Waals surface area contributed by atoms with E-state index in [4.69, 9.17) is 4.74 Å². The molecule has 7 heteroatoms. The molecule has 1 amide bonds. The molecule has 0 spiro atoms. The van der Waals surface area contributed by atoms with Gasteiger partial charge in [0.15, 0.2) is 0 Å². The van der Waals surface area contributed by atoms with E-state index in [2.05, 4.69) is 5.32 Å². The fourth-order valence-corrected chi connectivity index (χ4v) is 5.47. The molecular formula is C20H18N2O4S. The number of nitrogens with one attached hydrogen (secondary N) is 1. The summed E-state index contributed by atoms with van der Waals surface area (Å²) in [7, 11) is -3.72. The zero-order chi connectivity index (χ0) is 18.8. The first-order valence-electron chi connectivity index (χ1n) is 8.81. The molecule has 1 aliphatic heterocycles. The number of amides is 1. The zero-order valence-corrected chi connectivity index (χ0v) is 15.5. The van der Waals surface area contributed by atoms with Crippen LogP contribution in [0.3, 0.4) is 0 Å². The van der Waals surface area contributed by atoms with Gasteiger partial charge in [-0.3, -0.25) is 4.79 Å². The quantitative estimate of drug-likeness (QED) is 0.738. The first-order chi connectivity index (χ1) is 12.9. The van der Waals surface area contributed by atoms with Gasteiger partial charge in [-0.15, -0.1) is 0 Å². The first-order valence-corrected chi connectivity index (χ1v) is 10.3. The molecule has 1 aliphatic carbocycles. The molecule has 0 unspecified atom stereocenters. The van der Waals surface area contributed by atoms with Gasteiger partial charge in [0.05, 0.1) is 16.5 Å². The highest BCUT2D eigenvalue weighted by molar-refractivity contribution is 7.90. The molecule has 1 fully saturated rings. The summed E-state index contributed by atoms with van der Waals surface area (Å²) < 4.78 is 33.6. The second-order valence-electron chi connectivity index (χ2n) is 7.12. The van der Waals surface area contributed by atoms with E-state index < -0.39 is 10.0 Å².